The molecule has 0 saturated carbocycles. The van der Waals surface area contributed by atoms with Crippen molar-refractivity contribution in [2.24, 2.45) is 0 Å². The van der Waals surface area contributed by atoms with Crippen molar-refractivity contribution < 1.29 is 22.9 Å². The van der Waals surface area contributed by atoms with Crippen LogP contribution in [-0.2, 0) is 14.8 Å². The van der Waals surface area contributed by atoms with E-state index in [1.165, 1.54) is 31.2 Å². The van der Waals surface area contributed by atoms with Gasteiger partial charge in [-0.05, 0) is 44.6 Å². The minimum absolute atomic E-state index is 0.0359. The van der Waals surface area contributed by atoms with E-state index in [4.69, 9.17) is 4.74 Å². The molecule has 9 nitrogen and oxygen atoms in total. The first-order valence-corrected chi connectivity index (χ1v) is 11.8. The molecule has 1 aliphatic rings. The predicted molar refractivity (Wildman–Crippen MR) is 115 cm³/mol. The number of hydrogen-bond donors (Lipinski definition) is 1. The Balaban J connectivity index is 2.30. The molecule has 1 aromatic rings. The van der Waals surface area contributed by atoms with E-state index in [9.17, 15) is 23.3 Å². The van der Waals surface area contributed by atoms with Crippen LogP contribution in [0.1, 0.15) is 45.4 Å². The molecule has 0 radical (unpaired) electrons. The Bertz CT molecular complexity index is 913. The van der Waals surface area contributed by atoms with Crippen LogP contribution < -0.4 is 14.4 Å². The van der Waals surface area contributed by atoms with Crippen molar-refractivity contribution in [2.75, 3.05) is 24.2 Å². The fourth-order valence-electron chi connectivity index (χ4n) is 3.60. The molecule has 1 unspecified atom stereocenters. The number of non-ortho nitro benzene ring substituents is 1. The maximum Gasteiger partial charge on any atom is 0.271 e. The van der Waals surface area contributed by atoms with Crippen LogP contribution in [-0.4, -0.2) is 45.2 Å². The number of amides is 1. The number of sulfonamides is 1. The summed E-state index contributed by atoms with van der Waals surface area (Å²) in [6, 6.07) is 2.60. The Kier molecular flexibility index (Phi) is 8.22. The molecule has 0 aromatic heterocycles. The number of carbonyl (C=O) groups is 1. The fourth-order valence-corrected chi connectivity index (χ4v) is 4.80. The number of nitrogens with one attached hydrogen (secondary N) is 1. The molecular weight excluding hydrogens is 410 g/mol. The van der Waals surface area contributed by atoms with Gasteiger partial charge in [0.2, 0.25) is 15.9 Å². The van der Waals surface area contributed by atoms with Crippen LogP contribution >= 0.6 is 0 Å². The van der Waals surface area contributed by atoms with Crippen molar-refractivity contribution in [3.05, 3.63) is 40.0 Å². The van der Waals surface area contributed by atoms with Gasteiger partial charge in [0.15, 0.2) is 0 Å². The standard InChI is InChI=1S/C20H29N3O6S/c1-4-17(20(24)21-13-12-15-8-6-5-7-9-15)22(30(3,27)28)18-14-16(23(25)26)10-11-19(18)29-2/h8,10-11,14,17H,4-7,9,12-13H2,1-3H3,(H,21,24). The second kappa shape index (κ2) is 10.4. The van der Waals surface area contributed by atoms with E-state index in [2.05, 4.69) is 11.4 Å². The van der Waals surface area contributed by atoms with Gasteiger partial charge in [-0.3, -0.25) is 19.2 Å². The van der Waals surface area contributed by atoms with E-state index in [0.717, 1.165) is 42.3 Å². The van der Waals surface area contributed by atoms with Crippen LogP contribution in [0.15, 0.2) is 29.8 Å². The second-order valence-electron chi connectivity index (χ2n) is 7.25. The van der Waals surface area contributed by atoms with E-state index < -0.39 is 26.9 Å². The van der Waals surface area contributed by atoms with Crippen LogP contribution in [0.5, 0.6) is 5.75 Å². The van der Waals surface area contributed by atoms with E-state index in [1.807, 2.05) is 0 Å². The highest BCUT2D eigenvalue weighted by atomic mass is 32.2. The minimum Gasteiger partial charge on any atom is -0.495 e. The third-order valence-corrected chi connectivity index (χ3v) is 6.24. The number of allylic oxidation sites excluding steroid dienone is 1. The highest BCUT2D eigenvalue weighted by molar-refractivity contribution is 7.92. The summed E-state index contributed by atoms with van der Waals surface area (Å²) in [6.45, 7) is 2.10. The number of benzene rings is 1. The quantitative estimate of drug-likeness (QED) is 0.340. The zero-order valence-electron chi connectivity index (χ0n) is 17.6. The van der Waals surface area contributed by atoms with Crippen LogP contribution in [0.2, 0.25) is 0 Å². The highest BCUT2D eigenvalue weighted by Gasteiger charge is 2.34. The molecule has 0 aliphatic heterocycles. The van der Waals surface area contributed by atoms with Crippen LogP contribution in [0, 0.1) is 10.1 Å². The summed E-state index contributed by atoms with van der Waals surface area (Å²) >= 11 is 0. The van der Waals surface area contributed by atoms with Gasteiger partial charge in [-0.1, -0.05) is 18.6 Å². The molecule has 1 aliphatic carbocycles. The lowest BCUT2D eigenvalue weighted by molar-refractivity contribution is -0.384. The van der Waals surface area contributed by atoms with Crippen LogP contribution in [0.3, 0.4) is 0 Å². The summed E-state index contributed by atoms with van der Waals surface area (Å²) in [5.74, 6) is -0.322. The van der Waals surface area contributed by atoms with Gasteiger partial charge in [0.25, 0.3) is 5.69 Å². The molecule has 0 spiro atoms. The van der Waals surface area contributed by atoms with Crippen molar-refractivity contribution in [1.29, 1.82) is 0 Å². The maximum atomic E-state index is 12.9. The van der Waals surface area contributed by atoms with Gasteiger partial charge in [-0.15, -0.1) is 0 Å². The molecule has 1 atom stereocenters. The van der Waals surface area contributed by atoms with E-state index in [1.54, 1.807) is 6.92 Å². The van der Waals surface area contributed by atoms with Crippen LogP contribution in [0.25, 0.3) is 0 Å². The number of anilines is 1. The Morgan fingerprint density at radius 3 is 2.63 bits per heavy atom. The molecule has 166 valence electrons. The van der Waals surface area contributed by atoms with Gasteiger partial charge in [-0.25, -0.2) is 8.42 Å². The molecule has 0 heterocycles. The highest BCUT2D eigenvalue weighted by Crippen LogP contribution is 2.35. The summed E-state index contributed by atoms with van der Waals surface area (Å²) in [5.41, 5.74) is 0.972. The Morgan fingerprint density at radius 2 is 2.10 bits per heavy atom. The smallest absolute Gasteiger partial charge is 0.271 e. The Labute approximate surface area is 177 Å². The average Bonchev–Trinajstić information content (AvgIpc) is 2.71. The van der Waals surface area contributed by atoms with Crippen molar-refractivity contribution in [3.8, 4) is 5.75 Å². The molecule has 1 aromatic carbocycles. The number of nitro benzene ring substituents is 1. The largest absolute Gasteiger partial charge is 0.495 e. The first-order chi connectivity index (χ1) is 14.2. The molecule has 30 heavy (non-hydrogen) atoms. The van der Waals surface area contributed by atoms with Crippen LogP contribution in [0.4, 0.5) is 11.4 Å². The fraction of sp³-hybridized carbons (Fsp3) is 0.550. The normalized spacial score (nSPS) is 15.1. The molecule has 0 saturated heterocycles. The number of methoxy groups -OCH3 is 1. The maximum absolute atomic E-state index is 12.9. The summed E-state index contributed by atoms with van der Waals surface area (Å²) in [6.07, 6.45) is 8.48. The molecule has 1 N–H and O–H groups in total. The van der Waals surface area contributed by atoms with Gasteiger partial charge in [0.1, 0.15) is 17.5 Å². The van der Waals surface area contributed by atoms with E-state index in [0.29, 0.717) is 6.54 Å². The van der Waals surface area contributed by atoms with Gasteiger partial charge in [0.05, 0.1) is 18.3 Å². The van der Waals surface area contributed by atoms with Gasteiger partial charge >= 0.3 is 0 Å². The number of ether oxygens (including phenoxy) is 1. The third-order valence-electron chi connectivity index (χ3n) is 5.07. The Morgan fingerprint density at radius 1 is 1.37 bits per heavy atom. The topological polar surface area (TPSA) is 119 Å². The minimum atomic E-state index is -3.94. The number of nitro groups is 1. The van der Waals surface area contributed by atoms with Gasteiger partial charge < -0.3 is 10.1 Å². The summed E-state index contributed by atoms with van der Waals surface area (Å²) in [4.78, 5) is 23.5. The lowest BCUT2D eigenvalue weighted by Crippen LogP contribution is -2.49. The van der Waals surface area contributed by atoms with Crippen molar-refractivity contribution in [3.63, 3.8) is 0 Å². The summed E-state index contributed by atoms with van der Waals surface area (Å²) < 4.78 is 31.4. The molecule has 0 bridgehead atoms. The summed E-state index contributed by atoms with van der Waals surface area (Å²) in [7, 11) is -2.60. The summed E-state index contributed by atoms with van der Waals surface area (Å²) in [5, 5.41) is 14.0. The van der Waals surface area contributed by atoms with Gasteiger partial charge in [-0.2, -0.15) is 0 Å². The Hall–Kier alpha value is -2.62. The SMILES string of the molecule is CCC(C(=O)NCCC1=CCCCC1)N(c1cc([N+](=O)[O-])ccc1OC)S(C)(=O)=O. The first kappa shape index (κ1) is 23.7. The van der Waals surface area contributed by atoms with E-state index >= 15 is 0 Å². The third kappa shape index (κ3) is 5.94. The second-order valence-corrected chi connectivity index (χ2v) is 9.10. The monoisotopic (exact) mass is 439 g/mol. The number of rotatable bonds is 10. The zero-order chi connectivity index (χ0) is 22.3. The molecule has 10 heteroatoms. The van der Waals surface area contributed by atoms with E-state index in [-0.39, 0.29) is 23.5 Å². The molecule has 1 amide bonds. The zero-order valence-corrected chi connectivity index (χ0v) is 18.4. The van der Waals surface area contributed by atoms with Crippen molar-refractivity contribution in [1.82, 2.24) is 5.32 Å². The van der Waals surface area contributed by atoms with Crippen molar-refractivity contribution >= 4 is 27.3 Å². The number of carbonyl (C=O) groups excluding carboxylic acids is 1. The lowest BCUT2D eigenvalue weighted by atomic mass is 9.97. The first-order valence-electron chi connectivity index (χ1n) is 9.96. The number of nitrogens with zero attached hydrogens (tertiary/aromatic N) is 2. The average molecular weight is 440 g/mol. The molecular formula is C20H29N3O6S. The lowest BCUT2D eigenvalue weighted by Gasteiger charge is -2.31. The molecule has 2 rings (SSSR count). The van der Waals surface area contributed by atoms with Gasteiger partial charge in [0, 0.05) is 18.7 Å². The van der Waals surface area contributed by atoms with Crippen molar-refractivity contribution in [2.45, 2.75) is 51.5 Å². The predicted octanol–water partition coefficient (Wildman–Crippen LogP) is 3.15. The number of hydrogen-bond acceptors (Lipinski definition) is 6. The molecule has 0 fully saturated rings.